The highest BCUT2D eigenvalue weighted by atomic mass is 32.1. The first kappa shape index (κ1) is 12.3. The molecule has 0 saturated heterocycles. The number of rotatable bonds is 4. The lowest BCUT2D eigenvalue weighted by molar-refractivity contribution is 0.347. The van der Waals surface area contributed by atoms with E-state index < -0.39 is 0 Å². The van der Waals surface area contributed by atoms with Gasteiger partial charge in [-0.2, -0.15) is 0 Å². The summed E-state index contributed by atoms with van der Waals surface area (Å²) >= 11 is 1.76. The molecule has 1 N–H and O–H groups in total. The van der Waals surface area contributed by atoms with Crippen molar-refractivity contribution in [1.82, 2.24) is 20.3 Å². The van der Waals surface area contributed by atoms with Crippen LogP contribution in [0.2, 0.25) is 0 Å². The Bertz CT molecular complexity index is 453. The zero-order valence-corrected chi connectivity index (χ0v) is 11.3. The first-order valence-electron chi connectivity index (χ1n) is 5.70. The van der Waals surface area contributed by atoms with Gasteiger partial charge in [-0.1, -0.05) is 11.3 Å². The number of aromatic nitrogens is 3. The molecule has 0 amide bonds. The van der Waals surface area contributed by atoms with Crippen LogP contribution in [0.1, 0.15) is 31.3 Å². The molecule has 2 heterocycles. The molecule has 2 aromatic heterocycles. The highest BCUT2D eigenvalue weighted by Gasteiger charge is 2.14. The zero-order chi connectivity index (χ0) is 12.3. The van der Waals surface area contributed by atoms with Crippen LogP contribution in [0.5, 0.6) is 0 Å². The Hall–Kier alpha value is -1.20. The third-order valence-electron chi connectivity index (χ3n) is 2.41. The number of hydrogen-bond acceptors (Lipinski definition) is 4. The van der Waals surface area contributed by atoms with E-state index in [-0.39, 0.29) is 5.54 Å². The lowest BCUT2D eigenvalue weighted by atomic mass is 10.1. The molecule has 4 nitrogen and oxygen atoms in total. The van der Waals surface area contributed by atoms with E-state index in [1.165, 1.54) is 4.88 Å². The quantitative estimate of drug-likeness (QED) is 0.906. The Morgan fingerprint density at radius 3 is 2.76 bits per heavy atom. The van der Waals surface area contributed by atoms with E-state index in [0.29, 0.717) is 0 Å². The van der Waals surface area contributed by atoms with Gasteiger partial charge in [-0.15, -0.1) is 16.4 Å². The summed E-state index contributed by atoms with van der Waals surface area (Å²) in [7, 11) is 0. The van der Waals surface area contributed by atoms with Gasteiger partial charge in [-0.05, 0) is 32.2 Å². The Labute approximate surface area is 106 Å². The predicted octanol–water partition coefficient (Wildman–Crippen LogP) is 2.38. The van der Waals surface area contributed by atoms with Gasteiger partial charge in [0, 0.05) is 18.0 Å². The molecule has 0 saturated carbocycles. The Kier molecular flexibility index (Phi) is 3.59. The van der Waals surface area contributed by atoms with Crippen molar-refractivity contribution >= 4 is 11.3 Å². The van der Waals surface area contributed by atoms with E-state index >= 15 is 0 Å². The highest BCUT2D eigenvalue weighted by Crippen LogP contribution is 2.12. The number of hydrogen-bond donors (Lipinski definition) is 1. The van der Waals surface area contributed by atoms with E-state index in [4.69, 9.17) is 0 Å². The molecule has 5 heteroatoms. The molecule has 0 atom stereocenters. The molecule has 92 valence electrons. The van der Waals surface area contributed by atoms with Crippen molar-refractivity contribution in [3.05, 3.63) is 34.3 Å². The zero-order valence-electron chi connectivity index (χ0n) is 10.5. The fraction of sp³-hybridized carbons (Fsp3) is 0.500. The van der Waals surface area contributed by atoms with Gasteiger partial charge >= 0.3 is 0 Å². The van der Waals surface area contributed by atoms with Crippen LogP contribution in [-0.4, -0.2) is 15.0 Å². The number of nitrogens with zero attached hydrogens (tertiary/aromatic N) is 3. The van der Waals surface area contributed by atoms with Gasteiger partial charge in [0.2, 0.25) is 0 Å². The Balaban J connectivity index is 1.85. The Morgan fingerprint density at radius 2 is 2.18 bits per heavy atom. The third-order valence-corrected chi connectivity index (χ3v) is 3.29. The fourth-order valence-corrected chi connectivity index (χ4v) is 2.11. The third kappa shape index (κ3) is 3.38. The molecule has 0 bridgehead atoms. The molecule has 0 aromatic carbocycles. The van der Waals surface area contributed by atoms with Gasteiger partial charge in [-0.3, -0.25) is 0 Å². The van der Waals surface area contributed by atoms with Gasteiger partial charge in [0.1, 0.15) is 0 Å². The summed E-state index contributed by atoms with van der Waals surface area (Å²) in [5.41, 5.74) is 0.982. The second-order valence-corrected chi connectivity index (χ2v) is 6.04. The molecule has 0 aliphatic rings. The largest absolute Gasteiger partial charge is 0.306 e. The molecule has 0 aliphatic carbocycles. The highest BCUT2D eigenvalue weighted by molar-refractivity contribution is 7.09. The van der Waals surface area contributed by atoms with Crippen molar-refractivity contribution in [3.8, 4) is 0 Å². The lowest BCUT2D eigenvalue weighted by Crippen LogP contribution is -2.22. The fourth-order valence-electron chi connectivity index (χ4n) is 1.43. The van der Waals surface area contributed by atoms with Gasteiger partial charge < -0.3 is 5.32 Å². The molecule has 0 spiro atoms. The van der Waals surface area contributed by atoms with Crippen molar-refractivity contribution in [2.24, 2.45) is 0 Å². The van der Waals surface area contributed by atoms with E-state index in [9.17, 15) is 0 Å². The average molecular weight is 250 g/mol. The smallest absolute Gasteiger partial charge is 0.0965 e. The van der Waals surface area contributed by atoms with Gasteiger partial charge in [0.15, 0.2) is 0 Å². The van der Waals surface area contributed by atoms with E-state index in [1.807, 2.05) is 10.9 Å². The van der Waals surface area contributed by atoms with Crippen LogP contribution in [0.25, 0.3) is 0 Å². The molecular weight excluding hydrogens is 232 g/mol. The molecule has 17 heavy (non-hydrogen) atoms. The first-order valence-corrected chi connectivity index (χ1v) is 6.58. The maximum atomic E-state index is 4.16. The molecule has 0 unspecified atom stereocenters. The lowest BCUT2D eigenvalue weighted by Gasteiger charge is -2.17. The van der Waals surface area contributed by atoms with Crippen LogP contribution >= 0.6 is 11.3 Å². The molecule has 2 aromatic rings. The van der Waals surface area contributed by atoms with Crippen LogP contribution in [0.3, 0.4) is 0 Å². The second-order valence-electron chi connectivity index (χ2n) is 5.01. The van der Waals surface area contributed by atoms with Crippen LogP contribution in [0.4, 0.5) is 0 Å². The van der Waals surface area contributed by atoms with Gasteiger partial charge in [0.05, 0.1) is 17.4 Å². The van der Waals surface area contributed by atoms with E-state index in [1.54, 1.807) is 11.3 Å². The van der Waals surface area contributed by atoms with Crippen molar-refractivity contribution in [2.45, 2.75) is 39.4 Å². The maximum Gasteiger partial charge on any atom is 0.0965 e. The number of thiophene rings is 1. The van der Waals surface area contributed by atoms with Crippen LogP contribution in [0, 0.1) is 0 Å². The van der Waals surface area contributed by atoms with Gasteiger partial charge in [0.25, 0.3) is 0 Å². The summed E-state index contributed by atoms with van der Waals surface area (Å²) in [6.07, 6.45) is 2.00. The van der Waals surface area contributed by atoms with Crippen molar-refractivity contribution in [3.63, 3.8) is 0 Å². The summed E-state index contributed by atoms with van der Waals surface area (Å²) in [5, 5.41) is 13.7. The molecular formula is C12H18N4S. The second kappa shape index (κ2) is 4.98. The predicted molar refractivity (Wildman–Crippen MR) is 69.9 cm³/mol. The molecule has 2 rings (SSSR count). The van der Waals surface area contributed by atoms with Crippen molar-refractivity contribution in [2.75, 3.05) is 0 Å². The summed E-state index contributed by atoms with van der Waals surface area (Å²) in [4.78, 5) is 1.34. The standard InChI is InChI=1S/C12H18N4S/c1-12(2,3)16-9-10(14-15-16)7-13-8-11-5-4-6-17-11/h4-6,9,13H,7-8H2,1-3H3. The summed E-state index contributed by atoms with van der Waals surface area (Å²) in [6, 6.07) is 4.20. The SMILES string of the molecule is CC(C)(C)n1cc(CNCc2cccs2)nn1. The van der Waals surface area contributed by atoms with E-state index in [2.05, 4.69) is 53.9 Å². The minimum atomic E-state index is -0.000990. The van der Waals surface area contributed by atoms with Crippen molar-refractivity contribution in [1.29, 1.82) is 0 Å². The number of nitrogens with one attached hydrogen (secondary N) is 1. The van der Waals surface area contributed by atoms with Crippen molar-refractivity contribution < 1.29 is 0 Å². The molecule has 0 aliphatic heterocycles. The average Bonchev–Trinajstić information content (AvgIpc) is 2.86. The maximum absolute atomic E-state index is 4.16. The Morgan fingerprint density at radius 1 is 1.35 bits per heavy atom. The van der Waals surface area contributed by atoms with Crippen LogP contribution < -0.4 is 5.32 Å². The normalized spacial score (nSPS) is 11.9. The molecule has 0 fully saturated rings. The topological polar surface area (TPSA) is 42.7 Å². The molecule has 0 radical (unpaired) electrons. The van der Waals surface area contributed by atoms with Crippen LogP contribution in [-0.2, 0) is 18.6 Å². The summed E-state index contributed by atoms with van der Waals surface area (Å²) in [5.74, 6) is 0. The minimum Gasteiger partial charge on any atom is -0.306 e. The monoisotopic (exact) mass is 250 g/mol. The first-order chi connectivity index (χ1) is 8.05. The van der Waals surface area contributed by atoms with E-state index in [0.717, 1.165) is 18.8 Å². The summed E-state index contributed by atoms with van der Waals surface area (Å²) < 4.78 is 1.90. The van der Waals surface area contributed by atoms with Crippen LogP contribution in [0.15, 0.2) is 23.7 Å². The van der Waals surface area contributed by atoms with Gasteiger partial charge in [-0.25, -0.2) is 4.68 Å². The minimum absolute atomic E-state index is 0.000990. The summed E-state index contributed by atoms with van der Waals surface area (Å²) in [6.45, 7) is 7.99.